The fraction of sp³-hybridized carbons (Fsp3) is 0.643. The summed E-state index contributed by atoms with van der Waals surface area (Å²) in [4.78, 5) is 26.2. The number of nitrogens with two attached hydrogens (primary N) is 1. The van der Waals surface area contributed by atoms with Crippen molar-refractivity contribution in [3.63, 3.8) is 0 Å². The molecule has 0 radical (unpaired) electrons. The van der Waals surface area contributed by atoms with Crippen LogP contribution in [0, 0.1) is 5.92 Å². The standard InChI is InChI=1S/C14H21N3O3/c1-2-8-20-14(19)13(17-16)12(18)9-11(15)10-6-4-3-5-7-10/h2,10-11H,1,3-9,15H2/t11-/m1/s1. The van der Waals surface area contributed by atoms with E-state index in [1.54, 1.807) is 0 Å². The minimum Gasteiger partial charge on any atom is -0.453 e. The van der Waals surface area contributed by atoms with Gasteiger partial charge < -0.3 is 16.0 Å². The Labute approximate surface area is 118 Å². The molecule has 0 heterocycles. The summed E-state index contributed by atoms with van der Waals surface area (Å²) < 4.78 is 4.68. The van der Waals surface area contributed by atoms with Gasteiger partial charge in [0.1, 0.15) is 6.61 Å². The van der Waals surface area contributed by atoms with Crippen LogP contribution in [0.5, 0.6) is 0 Å². The van der Waals surface area contributed by atoms with Crippen molar-refractivity contribution in [3.8, 4) is 0 Å². The maximum Gasteiger partial charge on any atom is 0.441 e. The molecule has 6 nitrogen and oxygen atoms in total. The molecule has 1 atom stereocenters. The van der Waals surface area contributed by atoms with Crippen molar-refractivity contribution in [2.45, 2.75) is 44.6 Å². The number of carbonyl (C=O) groups is 2. The number of carbonyl (C=O) groups excluding carboxylic acids is 2. The van der Waals surface area contributed by atoms with Crippen molar-refractivity contribution in [2.24, 2.45) is 11.7 Å². The third-order valence-corrected chi connectivity index (χ3v) is 3.57. The van der Waals surface area contributed by atoms with Crippen LogP contribution in [0.15, 0.2) is 12.7 Å². The summed E-state index contributed by atoms with van der Waals surface area (Å²) in [5.41, 5.74) is 14.2. The first-order valence-electron chi connectivity index (χ1n) is 6.89. The van der Waals surface area contributed by atoms with Gasteiger partial charge in [-0.15, -0.1) is 0 Å². The number of ether oxygens (including phenoxy) is 1. The number of esters is 1. The monoisotopic (exact) mass is 279 g/mol. The molecule has 6 heteroatoms. The highest BCUT2D eigenvalue weighted by Crippen LogP contribution is 2.26. The van der Waals surface area contributed by atoms with Crippen LogP contribution in [-0.2, 0) is 14.3 Å². The summed E-state index contributed by atoms with van der Waals surface area (Å²) in [7, 11) is 0. The van der Waals surface area contributed by atoms with Crippen molar-refractivity contribution in [3.05, 3.63) is 18.2 Å². The number of hydrogen-bond donors (Lipinski definition) is 1. The Hall–Kier alpha value is -1.78. The molecule has 1 fully saturated rings. The second-order valence-electron chi connectivity index (χ2n) is 5.02. The second-order valence-corrected chi connectivity index (χ2v) is 5.02. The zero-order valence-corrected chi connectivity index (χ0v) is 11.6. The fourth-order valence-corrected chi connectivity index (χ4v) is 2.45. The molecule has 1 aliphatic rings. The van der Waals surface area contributed by atoms with E-state index in [0.717, 1.165) is 25.7 Å². The smallest absolute Gasteiger partial charge is 0.441 e. The van der Waals surface area contributed by atoms with Crippen LogP contribution in [-0.4, -0.2) is 34.9 Å². The number of rotatable bonds is 7. The van der Waals surface area contributed by atoms with Crippen LogP contribution in [0.4, 0.5) is 0 Å². The molecule has 1 rings (SSSR count). The third kappa shape index (κ3) is 4.72. The lowest BCUT2D eigenvalue weighted by Crippen LogP contribution is -2.38. The van der Waals surface area contributed by atoms with Crippen molar-refractivity contribution < 1.29 is 19.1 Å². The highest BCUT2D eigenvalue weighted by Gasteiger charge is 2.33. The molecule has 0 saturated heterocycles. The van der Waals surface area contributed by atoms with Gasteiger partial charge in [-0.3, -0.25) is 4.79 Å². The Morgan fingerprint density at radius 2 is 2.05 bits per heavy atom. The highest BCUT2D eigenvalue weighted by molar-refractivity contribution is 6.62. The summed E-state index contributed by atoms with van der Waals surface area (Å²) in [6, 6.07) is -0.313. The Kier molecular flexibility index (Phi) is 6.84. The van der Waals surface area contributed by atoms with Crippen LogP contribution in [0.2, 0.25) is 0 Å². The van der Waals surface area contributed by atoms with Crippen molar-refractivity contribution >= 4 is 17.5 Å². The molecule has 0 unspecified atom stereocenters. The lowest BCUT2D eigenvalue weighted by atomic mass is 9.82. The molecule has 110 valence electrons. The zero-order valence-electron chi connectivity index (χ0n) is 11.6. The first kappa shape index (κ1) is 16.3. The third-order valence-electron chi connectivity index (χ3n) is 3.57. The summed E-state index contributed by atoms with van der Waals surface area (Å²) in [6.45, 7) is 3.35. The van der Waals surface area contributed by atoms with E-state index < -0.39 is 17.5 Å². The van der Waals surface area contributed by atoms with Crippen molar-refractivity contribution in [2.75, 3.05) is 6.61 Å². The van der Waals surface area contributed by atoms with Crippen LogP contribution in [0.3, 0.4) is 0 Å². The molecule has 0 amide bonds. The molecule has 0 aromatic carbocycles. The lowest BCUT2D eigenvalue weighted by Gasteiger charge is -2.26. The predicted molar refractivity (Wildman–Crippen MR) is 74.0 cm³/mol. The van der Waals surface area contributed by atoms with E-state index in [9.17, 15) is 9.59 Å². The number of Topliss-reactive ketones (excluding diaryl/α,β-unsaturated/α-hetero) is 1. The molecule has 1 aliphatic carbocycles. The molecular formula is C14H21N3O3. The summed E-state index contributed by atoms with van der Waals surface area (Å²) in [6.07, 6.45) is 6.80. The van der Waals surface area contributed by atoms with E-state index >= 15 is 0 Å². The SMILES string of the molecule is C=CCOC(=O)C(=[N+]=[N-])C(=O)C[C@@H](N)C1CCCCC1. The Morgan fingerprint density at radius 1 is 1.40 bits per heavy atom. The minimum absolute atomic E-state index is 0.00670. The van der Waals surface area contributed by atoms with Crippen LogP contribution >= 0.6 is 0 Å². The predicted octanol–water partition coefficient (Wildman–Crippen LogP) is 1.25. The van der Waals surface area contributed by atoms with E-state index in [0.29, 0.717) is 0 Å². The molecule has 1 saturated carbocycles. The molecule has 0 bridgehead atoms. The maximum atomic E-state index is 11.9. The van der Waals surface area contributed by atoms with Gasteiger partial charge in [0.25, 0.3) is 5.78 Å². The van der Waals surface area contributed by atoms with E-state index in [-0.39, 0.29) is 25.0 Å². The molecular weight excluding hydrogens is 258 g/mol. The van der Waals surface area contributed by atoms with Gasteiger partial charge in [-0.2, -0.15) is 4.79 Å². The Morgan fingerprint density at radius 3 is 2.60 bits per heavy atom. The summed E-state index contributed by atoms with van der Waals surface area (Å²) >= 11 is 0. The average Bonchev–Trinajstić information content (AvgIpc) is 2.46. The van der Waals surface area contributed by atoms with Crippen molar-refractivity contribution in [1.82, 2.24) is 0 Å². The minimum atomic E-state index is -0.951. The van der Waals surface area contributed by atoms with Gasteiger partial charge in [-0.05, 0) is 18.8 Å². The fourth-order valence-electron chi connectivity index (χ4n) is 2.45. The van der Waals surface area contributed by atoms with Gasteiger partial charge in [0, 0.05) is 12.5 Å². The first-order valence-corrected chi connectivity index (χ1v) is 6.89. The Balaban J connectivity index is 2.56. The average molecular weight is 279 g/mol. The van der Waals surface area contributed by atoms with Crippen molar-refractivity contribution in [1.29, 1.82) is 0 Å². The van der Waals surface area contributed by atoms with Gasteiger partial charge in [-0.25, -0.2) is 4.79 Å². The molecule has 0 aromatic heterocycles. The van der Waals surface area contributed by atoms with Crippen LogP contribution in [0.1, 0.15) is 38.5 Å². The lowest BCUT2D eigenvalue weighted by molar-refractivity contribution is -0.141. The number of hydrogen-bond acceptors (Lipinski definition) is 4. The normalized spacial score (nSPS) is 16.9. The highest BCUT2D eigenvalue weighted by atomic mass is 16.5. The summed E-state index contributed by atoms with van der Waals surface area (Å²) in [5.74, 6) is -1.25. The largest absolute Gasteiger partial charge is 0.453 e. The zero-order chi connectivity index (χ0) is 15.0. The Bertz CT molecular complexity index is 421. The van der Waals surface area contributed by atoms with Gasteiger partial charge in [-0.1, -0.05) is 31.9 Å². The molecule has 0 aliphatic heterocycles. The van der Waals surface area contributed by atoms with E-state index in [2.05, 4.69) is 16.1 Å². The molecule has 0 aromatic rings. The van der Waals surface area contributed by atoms with Gasteiger partial charge >= 0.3 is 11.7 Å². The quantitative estimate of drug-likeness (QED) is 0.189. The number of ketones is 1. The first-order chi connectivity index (χ1) is 9.60. The van der Waals surface area contributed by atoms with Gasteiger partial charge in [0.15, 0.2) is 0 Å². The van der Waals surface area contributed by atoms with E-state index in [1.165, 1.54) is 12.5 Å². The number of nitrogens with zero attached hydrogens (tertiary/aromatic N) is 2. The summed E-state index contributed by atoms with van der Waals surface area (Å²) in [5, 5.41) is 0. The van der Waals surface area contributed by atoms with Crippen LogP contribution in [0.25, 0.3) is 5.53 Å². The van der Waals surface area contributed by atoms with Gasteiger partial charge in [0.05, 0.1) is 0 Å². The maximum absolute atomic E-state index is 11.9. The van der Waals surface area contributed by atoms with Crippen LogP contribution < -0.4 is 5.73 Å². The van der Waals surface area contributed by atoms with E-state index in [4.69, 9.17) is 11.3 Å². The molecule has 0 spiro atoms. The van der Waals surface area contributed by atoms with E-state index in [1.807, 2.05) is 0 Å². The van der Waals surface area contributed by atoms with Gasteiger partial charge in [0.2, 0.25) is 0 Å². The second kappa shape index (κ2) is 8.40. The topological polar surface area (TPSA) is 106 Å². The molecule has 2 N–H and O–H groups in total. The molecule has 20 heavy (non-hydrogen) atoms.